The monoisotopic (exact) mass is 316 g/mol. The molecule has 5 nitrogen and oxygen atoms in total. The van der Waals surface area contributed by atoms with Gasteiger partial charge < -0.3 is 15.0 Å². The Morgan fingerprint density at radius 1 is 1.22 bits per heavy atom. The van der Waals surface area contributed by atoms with Crippen LogP contribution in [0.3, 0.4) is 0 Å². The maximum atomic E-state index is 6.49. The fourth-order valence-electron chi connectivity index (χ4n) is 4.14. The van der Waals surface area contributed by atoms with Crippen LogP contribution < -0.4 is 10.2 Å². The molecule has 4 rings (SSSR count). The third kappa shape index (κ3) is 3.44. The molecule has 3 fully saturated rings. The molecule has 1 aromatic rings. The summed E-state index contributed by atoms with van der Waals surface area (Å²) in [5.74, 6) is 2.82. The number of hydrogen-bond donors (Lipinski definition) is 1. The van der Waals surface area contributed by atoms with E-state index in [0.717, 1.165) is 37.2 Å². The van der Waals surface area contributed by atoms with E-state index in [2.05, 4.69) is 40.1 Å². The number of nitrogens with zero attached hydrogens (tertiary/aromatic N) is 3. The number of morpholine rings is 1. The molecule has 0 amide bonds. The van der Waals surface area contributed by atoms with E-state index in [0.29, 0.717) is 0 Å². The minimum Gasteiger partial charge on any atom is -0.370 e. The standard InChI is InChI=1S/C18H28N4O/c1-17(2)11-22(12-18(23-17)7-3-4-8-18)16-9-15(20-13-21-16)19-10-14-5-6-14/h9,13-14H,3-8,10-12H2,1-2H3,(H,19,20,21). The van der Waals surface area contributed by atoms with Gasteiger partial charge in [0, 0.05) is 25.7 Å². The van der Waals surface area contributed by atoms with Crippen molar-refractivity contribution in [2.75, 3.05) is 29.9 Å². The molecular weight excluding hydrogens is 288 g/mol. The summed E-state index contributed by atoms with van der Waals surface area (Å²) in [7, 11) is 0. The molecule has 5 heteroatoms. The first-order valence-electron chi connectivity index (χ1n) is 9.05. The lowest BCUT2D eigenvalue weighted by molar-refractivity contribution is -0.148. The highest BCUT2D eigenvalue weighted by atomic mass is 16.5. The van der Waals surface area contributed by atoms with Crippen LogP contribution in [-0.2, 0) is 4.74 Å². The van der Waals surface area contributed by atoms with E-state index < -0.39 is 0 Å². The molecule has 1 N–H and O–H groups in total. The molecule has 0 unspecified atom stereocenters. The minimum absolute atomic E-state index is 0.0221. The van der Waals surface area contributed by atoms with Crippen molar-refractivity contribution < 1.29 is 4.74 Å². The predicted molar refractivity (Wildman–Crippen MR) is 91.8 cm³/mol. The summed E-state index contributed by atoms with van der Waals surface area (Å²) < 4.78 is 6.49. The van der Waals surface area contributed by atoms with Crippen molar-refractivity contribution in [2.24, 2.45) is 5.92 Å². The quantitative estimate of drug-likeness (QED) is 0.924. The summed E-state index contributed by atoms with van der Waals surface area (Å²) in [5.41, 5.74) is -0.108. The van der Waals surface area contributed by atoms with Crippen molar-refractivity contribution >= 4 is 11.6 Å². The molecule has 1 aliphatic heterocycles. The Labute approximate surface area is 138 Å². The number of anilines is 2. The Hall–Kier alpha value is -1.36. The average molecular weight is 316 g/mol. The van der Waals surface area contributed by atoms with Gasteiger partial charge in [-0.2, -0.15) is 0 Å². The number of ether oxygens (including phenoxy) is 1. The van der Waals surface area contributed by atoms with E-state index in [1.165, 1.54) is 38.5 Å². The van der Waals surface area contributed by atoms with Crippen molar-refractivity contribution in [2.45, 2.75) is 63.6 Å². The first-order chi connectivity index (χ1) is 11.0. The van der Waals surface area contributed by atoms with E-state index in [1.54, 1.807) is 6.33 Å². The smallest absolute Gasteiger partial charge is 0.134 e. The van der Waals surface area contributed by atoms with Gasteiger partial charge in [0.25, 0.3) is 0 Å². The van der Waals surface area contributed by atoms with Gasteiger partial charge in [-0.05, 0) is 45.4 Å². The van der Waals surface area contributed by atoms with Crippen LogP contribution in [0.4, 0.5) is 11.6 Å². The second-order valence-electron chi connectivity index (χ2n) is 8.19. The molecule has 3 aliphatic rings. The van der Waals surface area contributed by atoms with Crippen LogP contribution in [0.15, 0.2) is 12.4 Å². The fraction of sp³-hybridized carbons (Fsp3) is 0.778. The number of hydrogen-bond acceptors (Lipinski definition) is 5. The van der Waals surface area contributed by atoms with Gasteiger partial charge in [0.05, 0.1) is 11.2 Å². The van der Waals surface area contributed by atoms with Gasteiger partial charge in [-0.3, -0.25) is 0 Å². The van der Waals surface area contributed by atoms with Crippen LogP contribution in [0.25, 0.3) is 0 Å². The van der Waals surface area contributed by atoms with Gasteiger partial charge in [-0.1, -0.05) is 12.8 Å². The van der Waals surface area contributed by atoms with Crippen LogP contribution in [0.1, 0.15) is 52.4 Å². The summed E-state index contributed by atoms with van der Waals surface area (Å²) in [4.78, 5) is 11.3. The van der Waals surface area contributed by atoms with Crippen molar-refractivity contribution in [3.8, 4) is 0 Å². The molecule has 126 valence electrons. The van der Waals surface area contributed by atoms with Crippen LogP contribution in [0, 0.1) is 5.92 Å². The first kappa shape index (κ1) is 15.2. The van der Waals surface area contributed by atoms with Crippen LogP contribution in [-0.4, -0.2) is 40.8 Å². The highest BCUT2D eigenvalue weighted by Crippen LogP contribution is 2.41. The molecule has 2 saturated carbocycles. The van der Waals surface area contributed by atoms with Crippen molar-refractivity contribution in [1.82, 2.24) is 9.97 Å². The Kier molecular flexibility index (Phi) is 3.71. The topological polar surface area (TPSA) is 50.3 Å². The molecule has 0 aromatic carbocycles. The zero-order chi connectivity index (χ0) is 15.9. The summed E-state index contributed by atoms with van der Waals surface area (Å²) in [6, 6.07) is 2.10. The number of aromatic nitrogens is 2. The molecule has 2 aliphatic carbocycles. The predicted octanol–water partition coefficient (Wildman–Crippen LogP) is 3.23. The molecule has 1 saturated heterocycles. The van der Waals surface area contributed by atoms with Gasteiger partial charge in [0.15, 0.2) is 0 Å². The minimum atomic E-state index is -0.130. The van der Waals surface area contributed by atoms with Gasteiger partial charge in [0.1, 0.15) is 18.0 Å². The van der Waals surface area contributed by atoms with Crippen molar-refractivity contribution in [1.29, 1.82) is 0 Å². The van der Waals surface area contributed by atoms with Crippen LogP contribution in [0.5, 0.6) is 0 Å². The Balaban J connectivity index is 1.52. The van der Waals surface area contributed by atoms with Crippen LogP contribution in [0.2, 0.25) is 0 Å². The van der Waals surface area contributed by atoms with Gasteiger partial charge in [0.2, 0.25) is 0 Å². The highest BCUT2D eigenvalue weighted by Gasteiger charge is 2.46. The lowest BCUT2D eigenvalue weighted by atomic mass is 9.94. The molecule has 0 radical (unpaired) electrons. The van der Waals surface area contributed by atoms with Crippen molar-refractivity contribution in [3.63, 3.8) is 0 Å². The van der Waals surface area contributed by atoms with E-state index in [4.69, 9.17) is 4.74 Å². The molecule has 1 aromatic heterocycles. The lowest BCUT2D eigenvalue weighted by Crippen LogP contribution is -2.59. The van der Waals surface area contributed by atoms with Gasteiger partial charge in [-0.25, -0.2) is 9.97 Å². The molecule has 0 atom stereocenters. The zero-order valence-corrected chi connectivity index (χ0v) is 14.3. The molecule has 23 heavy (non-hydrogen) atoms. The lowest BCUT2D eigenvalue weighted by Gasteiger charge is -2.49. The Morgan fingerprint density at radius 2 is 2.00 bits per heavy atom. The van der Waals surface area contributed by atoms with Gasteiger partial charge >= 0.3 is 0 Å². The average Bonchev–Trinajstić information content (AvgIpc) is 3.25. The third-order valence-corrected chi connectivity index (χ3v) is 5.30. The van der Waals surface area contributed by atoms with Crippen molar-refractivity contribution in [3.05, 3.63) is 12.4 Å². The largest absolute Gasteiger partial charge is 0.370 e. The SMILES string of the molecule is CC1(C)CN(c2cc(NCC3CC3)ncn2)CC2(CCCC2)O1. The third-order valence-electron chi connectivity index (χ3n) is 5.30. The Morgan fingerprint density at radius 3 is 2.74 bits per heavy atom. The maximum absolute atomic E-state index is 6.49. The number of nitrogens with one attached hydrogen (secondary N) is 1. The van der Waals surface area contributed by atoms with E-state index in [1.807, 2.05) is 0 Å². The van der Waals surface area contributed by atoms with E-state index in [9.17, 15) is 0 Å². The maximum Gasteiger partial charge on any atom is 0.134 e. The molecular formula is C18H28N4O. The normalized spacial score (nSPS) is 25.7. The summed E-state index contributed by atoms with van der Waals surface area (Å²) in [5, 5.41) is 3.46. The fourth-order valence-corrected chi connectivity index (χ4v) is 4.14. The molecule has 1 spiro atoms. The van der Waals surface area contributed by atoms with Crippen LogP contribution >= 0.6 is 0 Å². The van der Waals surface area contributed by atoms with E-state index in [-0.39, 0.29) is 11.2 Å². The van der Waals surface area contributed by atoms with E-state index >= 15 is 0 Å². The second-order valence-corrected chi connectivity index (χ2v) is 8.19. The first-order valence-corrected chi connectivity index (χ1v) is 9.05. The number of rotatable bonds is 4. The summed E-state index contributed by atoms with van der Waals surface area (Å²) in [6.45, 7) is 7.28. The summed E-state index contributed by atoms with van der Waals surface area (Å²) in [6.07, 6.45) is 9.30. The highest BCUT2D eigenvalue weighted by molar-refractivity contribution is 5.49. The Bertz CT molecular complexity index is 564. The molecule has 0 bridgehead atoms. The van der Waals surface area contributed by atoms with Gasteiger partial charge in [-0.15, -0.1) is 0 Å². The summed E-state index contributed by atoms with van der Waals surface area (Å²) >= 11 is 0. The second kappa shape index (κ2) is 5.62. The molecule has 2 heterocycles. The zero-order valence-electron chi connectivity index (χ0n) is 14.3.